The van der Waals surface area contributed by atoms with Gasteiger partial charge in [-0.2, -0.15) is 5.10 Å². The molecular formula is C49H32N2. The second-order valence-electron chi connectivity index (χ2n) is 13.9. The average Bonchev–Trinajstić information content (AvgIpc) is 3.48. The number of hydrogen-bond donors (Lipinski definition) is 0. The smallest absolute Gasteiger partial charge is 0.0733 e. The maximum atomic E-state index is 5.31. The molecule has 0 N–H and O–H groups in total. The molecule has 0 radical (unpaired) electrons. The topological polar surface area (TPSA) is 17.8 Å². The monoisotopic (exact) mass is 648 g/mol. The van der Waals surface area contributed by atoms with E-state index in [-0.39, 0.29) is 0 Å². The van der Waals surface area contributed by atoms with E-state index in [9.17, 15) is 0 Å². The van der Waals surface area contributed by atoms with Gasteiger partial charge in [0.05, 0.1) is 11.4 Å². The van der Waals surface area contributed by atoms with Gasteiger partial charge in [-0.25, -0.2) is 4.68 Å². The first kappa shape index (κ1) is 28.3. The Bertz CT molecular complexity index is 3140. The fourth-order valence-corrected chi connectivity index (χ4v) is 9.09. The highest BCUT2D eigenvalue weighted by Crippen LogP contribution is 2.48. The normalized spacial score (nSPS) is 12.1. The minimum Gasteiger partial charge on any atom is -0.237 e. The lowest BCUT2D eigenvalue weighted by Gasteiger charge is -2.20. The van der Waals surface area contributed by atoms with Crippen molar-refractivity contribution in [1.29, 1.82) is 0 Å². The van der Waals surface area contributed by atoms with E-state index >= 15 is 0 Å². The van der Waals surface area contributed by atoms with Gasteiger partial charge in [-0.3, -0.25) is 0 Å². The molecule has 2 nitrogen and oxygen atoms in total. The summed E-state index contributed by atoms with van der Waals surface area (Å²) >= 11 is 0. The highest BCUT2D eigenvalue weighted by molar-refractivity contribution is 6.29. The molecule has 0 saturated carbocycles. The molecule has 11 rings (SSSR count). The predicted molar refractivity (Wildman–Crippen MR) is 218 cm³/mol. The third kappa shape index (κ3) is 3.90. The zero-order valence-corrected chi connectivity index (χ0v) is 28.4. The molecule has 0 amide bonds. The van der Waals surface area contributed by atoms with Gasteiger partial charge in [0, 0.05) is 22.2 Å². The Morgan fingerprint density at radius 2 is 0.882 bits per heavy atom. The van der Waals surface area contributed by atoms with Crippen molar-refractivity contribution in [3.8, 4) is 27.9 Å². The fraction of sp³-hybridized carbons (Fsp3) is 0.0408. The molecule has 238 valence electrons. The van der Waals surface area contributed by atoms with E-state index in [1.54, 1.807) is 0 Å². The van der Waals surface area contributed by atoms with Crippen molar-refractivity contribution < 1.29 is 0 Å². The Labute approximate surface area is 295 Å². The lowest BCUT2D eigenvalue weighted by molar-refractivity contribution is 0.841. The van der Waals surface area contributed by atoms with Gasteiger partial charge >= 0.3 is 0 Å². The Balaban J connectivity index is 1.23. The summed E-state index contributed by atoms with van der Waals surface area (Å²) < 4.78 is 2.18. The molecule has 0 atom stereocenters. The second-order valence-corrected chi connectivity index (χ2v) is 13.9. The number of aryl methyl sites for hydroxylation is 1. The Kier molecular flexibility index (Phi) is 5.83. The van der Waals surface area contributed by atoms with Crippen LogP contribution in [0.15, 0.2) is 158 Å². The quantitative estimate of drug-likeness (QED) is 0.138. The van der Waals surface area contributed by atoms with Gasteiger partial charge in [0.15, 0.2) is 0 Å². The van der Waals surface area contributed by atoms with E-state index in [0.29, 0.717) is 0 Å². The van der Waals surface area contributed by atoms with E-state index < -0.39 is 0 Å². The zero-order valence-electron chi connectivity index (χ0n) is 28.4. The van der Waals surface area contributed by atoms with Gasteiger partial charge in [-0.1, -0.05) is 152 Å². The van der Waals surface area contributed by atoms with Gasteiger partial charge in [0.2, 0.25) is 0 Å². The highest BCUT2D eigenvalue weighted by Gasteiger charge is 2.24. The van der Waals surface area contributed by atoms with E-state index in [4.69, 9.17) is 5.10 Å². The van der Waals surface area contributed by atoms with Gasteiger partial charge in [-0.05, 0) is 101 Å². The van der Waals surface area contributed by atoms with E-state index in [1.165, 1.54) is 97.7 Å². The van der Waals surface area contributed by atoms with Crippen molar-refractivity contribution in [2.45, 2.75) is 13.8 Å². The summed E-state index contributed by atoms with van der Waals surface area (Å²) in [4.78, 5) is 0. The molecule has 11 aromatic rings. The van der Waals surface area contributed by atoms with Crippen LogP contribution >= 0.6 is 0 Å². The van der Waals surface area contributed by atoms with E-state index in [0.717, 1.165) is 17.1 Å². The second kappa shape index (κ2) is 10.5. The van der Waals surface area contributed by atoms with Gasteiger partial charge in [0.1, 0.15) is 0 Å². The van der Waals surface area contributed by atoms with Crippen molar-refractivity contribution in [1.82, 2.24) is 9.78 Å². The maximum absolute atomic E-state index is 5.31. The fourth-order valence-electron chi connectivity index (χ4n) is 9.09. The molecule has 0 saturated heterocycles. The molecule has 51 heavy (non-hydrogen) atoms. The minimum atomic E-state index is 1.02. The van der Waals surface area contributed by atoms with Crippen LogP contribution < -0.4 is 0 Å². The van der Waals surface area contributed by atoms with E-state index in [2.05, 4.69) is 176 Å². The van der Waals surface area contributed by atoms with Crippen LogP contribution in [0, 0.1) is 13.8 Å². The molecule has 1 aromatic heterocycles. The van der Waals surface area contributed by atoms with Crippen LogP contribution in [0.25, 0.3) is 103 Å². The number of benzene rings is 10. The summed E-state index contributed by atoms with van der Waals surface area (Å²) in [5.74, 6) is 0. The van der Waals surface area contributed by atoms with Gasteiger partial charge in [0.25, 0.3) is 0 Å². The largest absolute Gasteiger partial charge is 0.237 e. The lowest BCUT2D eigenvalue weighted by atomic mass is 9.83. The van der Waals surface area contributed by atoms with Crippen LogP contribution in [0.1, 0.15) is 11.4 Å². The molecule has 0 spiro atoms. The molecule has 10 aromatic carbocycles. The summed E-state index contributed by atoms with van der Waals surface area (Å²) in [5.41, 5.74) is 8.26. The first-order valence-corrected chi connectivity index (χ1v) is 17.7. The SMILES string of the molecule is Cc1nn(-c2cc3ccccc3c3ccccc23)c(C)c1-c1c2ccccc2c(-c2ccc3ccc4cccc5ccc2c3c45)c2ccccc12. The molecule has 0 aliphatic heterocycles. The average molecular weight is 649 g/mol. The summed E-state index contributed by atoms with van der Waals surface area (Å²) in [5, 5.41) is 23.1. The molecule has 0 aliphatic rings. The Hall–Kier alpha value is -6.51. The summed E-state index contributed by atoms with van der Waals surface area (Å²) in [6.45, 7) is 4.40. The van der Waals surface area contributed by atoms with Crippen LogP contribution in [0.4, 0.5) is 0 Å². The molecule has 0 bridgehead atoms. The molecule has 1 heterocycles. The van der Waals surface area contributed by atoms with Crippen LogP contribution in [0.3, 0.4) is 0 Å². The van der Waals surface area contributed by atoms with Crippen molar-refractivity contribution in [2.75, 3.05) is 0 Å². The van der Waals surface area contributed by atoms with Crippen molar-refractivity contribution in [2.24, 2.45) is 0 Å². The van der Waals surface area contributed by atoms with Crippen LogP contribution in [-0.2, 0) is 0 Å². The van der Waals surface area contributed by atoms with Crippen LogP contribution in [0.2, 0.25) is 0 Å². The Morgan fingerprint density at radius 3 is 1.57 bits per heavy atom. The summed E-state index contributed by atoms with van der Waals surface area (Å²) in [7, 11) is 0. The zero-order chi connectivity index (χ0) is 33.8. The van der Waals surface area contributed by atoms with Crippen LogP contribution in [0.5, 0.6) is 0 Å². The molecule has 0 fully saturated rings. The number of fused-ring (bicyclic) bond motifs is 5. The van der Waals surface area contributed by atoms with Crippen molar-refractivity contribution in [3.05, 3.63) is 169 Å². The lowest BCUT2D eigenvalue weighted by Crippen LogP contribution is -2.01. The molecule has 0 aliphatic carbocycles. The number of nitrogens with zero attached hydrogens (tertiary/aromatic N) is 2. The van der Waals surface area contributed by atoms with E-state index in [1.807, 2.05) is 0 Å². The highest BCUT2D eigenvalue weighted by atomic mass is 15.3. The van der Waals surface area contributed by atoms with Crippen molar-refractivity contribution >= 4 is 75.4 Å². The molecular weight excluding hydrogens is 617 g/mol. The standard InChI is InChI=1S/C49H32N2/c1-29-45(30(2)51(50-29)44-28-34-12-3-4-15-35(34)36-16-5-6-17-37(36)44)49-40-20-9-7-18-38(40)48(39-19-8-10-21-41(39)49)43-27-25-33-23-22-31-13-11-14-32-24-26-42(43)47(33)46(31)32/h3-28H,1-2H3. The molecule has 2 heteroatoms. The summed E-state index contributed by atoms with van der Waals surface area (Å²) in [6, 6.07) is 58.1. The van der Waals surface area contributed by atoms with Crippen molar-refractivity contribution in [3.63, 3.8) is 0 Å². The Morgan fingerprint density at radius 1 is 0.373 bits per heavy atom. The van der Waals surface area contributed by atoms with Gasteiger partial charge in [-0.15, -0.1) is 0 Å². The third-order valence-electron chi connectivity index (χ3n) is 11.2. The first-order chi connectivity index (χ1) is 25.2. The number of rotatable bonds is 3. The number of hydrogen-bond acceptors (Lipinski definition) is 1. The van der Waals surface area contributed by atoms with Crippen LogP contribution in [-0.4, -0.2) is 9.78 Å². The molecule has 0 unspecified atom stereocenters. The maximum Gasteiger partial charge on any atom is 0.0733 e. The van der Waals surface area contributed by atoms with Gasteiger partial charge < -0.3 is 0 Å². The first-order valence-electron chi connectivity index (χ1n) is 17.7. The number of aromatic nitrogens is 2. The predicted octanol–water partition coefficient (Wildman–Crippen LogP) is 13.3. The summed E-state index contributed by atoms with van der Waals surface area (Å²) in [6.07, 6.45) is 0. The third-order valence-corrected chi connectivity index (χ3v) is 11.2. The minimum absolute atomic E-state index is 1.02.